The quantitative estimate of drug-likeness (QED) is 0.552. The summed E-state index contributed by atoms with van der Waals surface area (Å²) in [5.74, 6) is -0.804. The average molecular weight is 387 g/mol. The number of hydrogen-bond donors (Lipinski definition) is 0. The summed E-state index contributed by atoms with van der Waals surface area (Å²) in [6.07, 6.45) is 3.44. The van der Waals surface area contributed by atoms with Crippen molar-refractivity contribution in [3.63, 3.8) is 0 Å². The van der Waals surface area contributed by atoms with Gasteiger partial charge in [0, 0.05) is 29.9 Å². The molecule has 0 radical (unpaired) electrons. The SMILES string of the molecule is O=C1/C(=C\c2cccc(F)c2)CN(c2ccccc2)C/C1=C\c1cccc(F)c1. The second-order valence-corrected chi connectivity index (χ2v) is 6.97. The highest BCUT2D eigenvalue weighted by Crippen LogP contribution is 2.26. The van der Waals surface area contributed by atoms with Gasteiger partial charge < -0.3 is 4.90 Å². The number of hydrogen-bond acceptors (Lipinski definition) is 2. The number of ketones is 1. The second kappa shape index (κ2) is 8.23. The lowest BCUT2D eigenvalue weighted by molar-refractivity contribution is -0.112. The van der Waals surface area contributed by atoms with Crippen LogP contribution in [0.3, 0.4) is 0 Å². The van der Waals surface area contributed by atoms with Crippen molar-refractivity contribution in [1.29, 1.82) is 0 Å². The van der Waals surface area contributed by atoms with Crippen molar-refractivity contribution in [3.8, 4) is 0 Å². The molecule has 1 saturated heterocycles. The highest BCUT2D eigenvalue weighted by molar-refractivity contribution is 6.15. The number of Topliss-reactive ketones (excluding diaryl/α,β-unsaturated/α-hetero) is 1. The molecule has 3 aromatic carbocycles. The minimum absolute atomic E-state index is 0.106. The average Bonchev–Trinajstić information content (AvgIpc) is 2.71. The molecule has 1 aliphatic rings. The number of anilines is 1. The van der Waals surface area contributed by atoms with Crippen LogP contribution in [-0.4, -0.2) is 18.9 Å². The molecule has 4 heteroatoms. The van der Waals surface area contributed by atoms with Crippen molar-refractivity contribution in [2.45, 2.75) is 0 Å². The van der Waals surface area contributed by atoms with Gasteiger partial charge in [-0.3, -0.25) is 4.79 Å². The van der Waals surface area contributed by atoms with Crippen LogP contribution < -0.4 is 4.90 Å². The molecule has 0 unspecified atom stereocenters. The zero-order valence-electron chi connectivity index (χ0n) is 15.7. The van der Waals surface area contributed by atoms with Crippen molar-refractivity contribution >= 4 is 23.6 Å². The number of carbonyl (C=O) groups excluding carboxylic acids is 1. The van der Waals surface area contributed by atoms with Gasteiger partial charge in [0.2, 0.25) is 0 Å². The van der Waals surface area contributed by atoms with Crippen molar-refractivity contribution < 1.29 is 13.6 Å². The van der Waals surface area contributed by atoms with E-state index >= 15 is 0 Å². The van der Waals surface area contributed by atoms with E-state index in [1.807, 2.05) is 30.3 Å². The fraction of sp³-hybridized carbons (Fsp3) is 0.0800. The summed E-state index contributed by atoms with van der Waals surface area (Å²) in [4.78, 5) is 15.2. The zero-order chi connectivity index (χ0) is 20.2. The molecule has 144 valence electrons. The summed E-state index contributed by atoms with van der Waals surface area (Å²) in [6.45, 7) is 0.833. The Morgan fingerprint density at radius 2 is 1.21 bits per heavy atom. The number of carbonyl (C=O) groups is 1. The lowest BCUT2D eigenvalue weighted by atomic mass is 9.93. The molecule has 29 heavy (non-hydrogen) atoms. The van der Waals surface area contributed by atoms with Crippen molar-refractivity contribution in [1.82, 2.24) is 0 Å². The van der Waals surface area contributed by atoms with Crippen LogP contribution in [0.5, 0.6) is 0 Å². The number of benzene rings is 3. The van der Waals surface area contributed by atoms with Crippen LogP contribution in [0, 0.1) is 11.6 Å². The van der Waals surface area contributed by atoms with Gasteiger partial charge in [-0.15, -0.1) is 0 Å². The fourth-order valence-corrected chi connectivity index (χ4v) is 3.46. The zero-order valence-corrected chi connectivity index (χ0v) is 15.7. The number of rotatable bonds is 3. The van der Waals surface area contributed by atoms with E-state index in [0.717, 1.165) is 5.69 Å². The maximum absolute atomic E-state index is 13.6. The van der Waals surface area contributed by atoms with E-state index in [1.165, 1.54) is 24.3 Å². The Balaban J connectivity index is 1.75. The normalized spacial score (nSPS) is 17.2. The van der Waals surface area contributed by atoms with Gasteiger partial charge in [-0.2, -0.15) is 0 Å². The van der Waals surface area contributed by atoms with Crippen molar-refractivity contribution in [2.24, 2.45) is 0 Å². The maximum Gasteiger partial charge on any atom is 0.188 e. The Kier molecular flexibility index (Phi) is 5.34. The molecule has 1 fully saturated rings. The predicted molar refractivity (Wildman–Crippen MR) is 112 cm³/mol. The van der Waals surface area contributed by atoms with Crippen molar-refractivity contribution in [2.75, 3.05) is 18.0 Å². The highest BCUT2D eigenvalue weighted by Gasteiger charge is 2.26. The summed E-state index contributed by atoms with van der Waals surface area (Å²) in [5.41, 5.74) is 3.37. The number of piperidine rings is 1. The third kappa shape index (κ3) is 4.49. The summed E-state index contributed by atoms with van der Waals surface area (Å²) in [7, 11) is 0. The smallest absolute Gasteiger partial charge is 0.188 e. The first kappa shape index (κ1) is 18.8. The van der Waals surface area contributed by atoms with Crippen LogP contribution in [0.15, 0.2) is 90.0 Å². The first-order chi connectivity index (χ1) is 14.1. The number of halogens is 2. The second-order valence-electron chi connectivity index (χ2n) is 6.97. The van der Waals surface area contributed by atoms with Crippen LogP contribution in [-0.2, 0) is 4.79 Å². The largest absolute Gasteiger partial charge is 0.363 e. The molecule has 3 aromatic rings. The number of nitrogens with zero attached hydrogens (tertiary/aromatic N) is 1. The molecule has 0 aromatic heterocycles. The molecular formula is C25H19F2NO. The molecule has 0 bridgehead atoms. The van der Waals surface area contributed by atoms with Crippen molar-refractivity contribution in [3.05, 3.63) is 113 Å². The summed E-state index contributed by atoms with van der Waals surface area (Å²) in [5, 5.41) is 0. The molecule has 0 saturated carbocycles. The first-order valence-electron chi connectivity index (χ1n) is 9.35. The van der Waals surface area contributed by atoms with Crippen LogP contribution >= 0.6 is 0 Å². The molecule has 2 nitrogen and oxygen atoms in total. The van der Waals surface area contributed by atoms with Gasteiger partial charge in [-0.1, -0.05) is 42.5 Å². The Morgan fingerprint density at radius 1 is 0.690 bits per heavy atom. The van der Waals surface area contributed by atoms with Gasteiger partial charge >= 0.3 is 0 Å². The Labute approximate surface area is 168 Å². The highest BCUT2D eigenvalue weighted by atomic mass is 19.1. The van der Waals surface area contributed by atoms with Crippen LogP contribution in [0.4, 0.5) is 14.5 Å². The van der Waals surface area contributed by atoms with Crippen LogP contribution in [0.1, 0.15) is 11.1 Å². The predicted octanol–water partition coefficient (Wildman–Crippen LogP) is 5.52. The van der Waals surface area contributed by atoms with E-state index < -0.39 is 0 Å². The minimum Gasteiger partial charge on any atom is -0.363 e. The molecule has 0 aliphatic carbocycles. The topological polar surface area (TPSA) is 20.3 Å². The summed E-state index contributed by atoms with van der Waals surface area (Å²) in [6, 6.07) is 22.1. The third-order valence-corrected chi connectivity index (χ3v) is 4.81. The summed E-state index contributed by atoms with van der Waals surface area (Å²) < 4.78 is 27.2. The Morgan fingerprint density at radius 3 is 1.69 bits per heavy atom. The van der Waals surface area contributed by atoms with E-state index in [2.05, 4.69) is 4.90 Å². The molecule has 0 N–H and O–H groups in total. The van der Waals surface area contributed by atoms with E-state index in [0.29, 0.717) is 35.4 Å². The maximum atomic E-state index is 13.6. The number of para-hydroxylation sites is 1. The van der Waals surface area contributed by atoms with Gasteiger partial charge in [-0.05, 0) is 59.7 Å². The van der Waals surface area contributed by atoms with E-state index in [4.69, 9.17) is 0 Å². The molecule has 0 atom stereocenters. The van der Waals surface area contributed by atoms with Gasteiger partial charge in [0.05, 0.1) is 0 Å². The van der Waals surface area contributed by atoms with Gasteiger partial charge in [-0.25, -0.2) is 8.78 Å². The van der Waals surface area contributed by atoms with Gasteiger partial charge in [0.25, 0.3) is 0 Å². The van der Waals surface area contributed by atoms with E-state index in [9.17, 15) is 13.6 Å². The van der Waals surface area contributed by atoms with Gasteiger partial charge in [0.15, 0.2) is 5.78 Å². The monoisotopic (exact) mass is 387 g/mol. The lowest BCUT2D eigenvalue weighted by Gasteiger charge is -2.31. The van der Waals surface area contributed by atoms with E-state index in [-0.39, 0.29) is 17.4 Å². The third-order valence-electron chi connectivity index (χ3n) is 4.81. The minimum atomic E-state index is -0.349. The Bertz CT molecular complexity index is 1040. The van der Waals surface area contributed by atoms with Crippen LogP contribution in [0.25, 0.3) is 12.2 Å². The summed E-state index contributed by atoms with van der Waals surface area (Å²) >= 11 is 0. The fourth-order valence-electron chi connectivity index (χ4n) is 3.46. The molecule has 0 spiro atoms. The molecule has 4 rings (SSSR count). The molecule has 1 heterocycles. The van der Waals surface area contributed by atoms with Crippen LogP contribution in [0.2, 0.25) is 0 Å². The van der Waals surface area contributed by atoms with Gasteiger partial charge in [0.1, 0.15) is 11.6 Å². The van der Waals surface area contributed by atoms with E-state index in [1.54, 1.807) is 36.4 Å². The standard InChI is InChI=1S/C25H19F2NO/c26-22-8-4-6-18(14-22)12-20-16-28(24-10-2-1-3-11-24)17-21(25(20)29)13-19-7-5-9-23(27)15-19/h1-15H,16-17H2/b20-12-,21-13+. The Hall–Kier alpha value is -3.53. The first-order valence-corrected chi connectivity index (χ1v) is 9.35. The molecule has 0 amide bonds. The molecular weight excluding hydrogens is 368 g/mol. The molecule has 1 aliphatic heterocycles. The lowest BCUT2D eigenvalue weighted by Crippen LogP contribution is -2.37.